The molecule has 0 aromatic rings. The number of thiocarbonyl (C=S) groups is 1. The van der Waals surface area contributed by atoms with Gasteiger partial charge >= 0.3 is 0 Å². The van der Waals surface area contributed by atoms with Crippen molar-refractivity contribution in [3.63, 3.8) is 0 Å². The number of halogens is 1. The van der Waals surface area contributed by atoms with Gasteiger partial charge in [-0.05, 0) is 12.8 Å². The maximum atomic E-state index is 5.60. The topological polar surface area (TPSA) is 12.0 Å². The Balaban J connectivity index is 2.89. The molecule has 0 amide bonds. The molecule has 0 aromatic carbocycles. The van der Waals surface area contributed by atoms with E-state index in [-0.39, 0.29) is 0 Å². The van der Waals surface area contributed by atoms with Gasteiger partial charge in [-0.15, -0.1) is 24.2 Å². The Morgan fingerprint density at radius 3 is 1.87 bits per heavy atom. The summed E-state index contributed by atoms with van der Waals surface area (Å²) < 4.78 is 0.607. The predicted molar refractivity (Wildman–Crippen MR) is 77.2 cm³/mol. The zero-order chi connectivity index (χ0) is 11.4. The molecule has 90 valence electrons. The minimum Gasteiger partial charge on any atom is -0.371 e. The normalized spacial score (nSPS) is 10.3. The third-order valence-corrected chi connectivity index (χ3v) is 2.91. The van der Waals surface area contributed by atoms with Crippen LogP contribution in [0, 0.1) is 0 Å². The zero-order valence-electron chi connectivity index (χ0n) is 9.30. The van der Waals surface area contributed by atoms with Crippen LogP contribution in [0.4, 0.5) is 0 Å². The maximum absolute atomic E-state index is 5.60. The van der Waals surface area contributed by atoms with Gasteiger partial charge in [-0.2, -0.15) is 0 Å². The van der Waals surface area contributed by atoms with Gasteiger partial charge in [-0.1, -0.05) is 50.7 Å². The summed E-state index contributed by atoms with van der Waals surface area (Å²) in [5.74, 6) is 0.815. The van der Waals surface area contributed by atoms with Crippen molar-refractivity contribution in [2.75, 3.05) is 12.4 Å². The molecule has 0 atom stereocenters. The van der Waals surface area contributed by atoms with Crippen LogP contribution in [-0.2, 0) is 0 Å². The Kier molecular flexibility index (Phi) is 13.0. The fourth-order valence-corrected chi connectivity index (χ4v) is 1.88. The highest BCUT2D eigenvalue weighted by Crippen LogP contribution is 2.08. The van der Waals surface area contributed by atoms with Gasteiger partial charge in [-0.3, -0.25) is 0 Å². The molecule has 0 aliphatic carbocycles. The first kappa shape index (κ1) is 15.5. The molecular weight excluding hydrogens is 246 g/mol. The Hall–Kier alpha value is 0.530. The highest BCUT2D eigenvalue weighted by molar-refractivity contribution is 8.11. The zero-order valence-corrected chi connectivity index (χ0v) is 11.8. The summed E-state index contributed by atoms with van der Waals surface area (Å²) in [7, 11) is 0. The van der Waals surface area contributed by atoms with E-state index in [9.17, 15) is 0 Å². The Labute approximate surface area is 110 Å². The maximum Gasteiger partial charge on any atom is 0.130 e. The number of nitrogens with one attached hydrogen (secondary N) is 1. The molecule has 1 nitrogen and oxygen atoms in total. The van der Waals surface area contributed by atoms with Crippen LogP contribution in [0.2, 0.25) is 0 Å². The van der Waals surface area contributed by atoms with E-state index in [0.717, 1.165) is 12.4 Å². The Morgan fingerprint density at radius 1 is 0.933 bits per heavy atom. The average molecular weight is 268 g/mol. The van der Waals surface area contributed by atoms with Gasteiger partial charge in [0.1, 0.15) is 4.32 Å². The average Bonchev–Trinajstić information content (AvgIpc) is 2.20. The smallest absolute Gasteiger partial charge is 0.130 e. The number of alkyl halides is 1. The van der Waals surface area contributed by atoms with Gasteiger partial charge in [0.2, 0.25) is 0 Å². The first-order valence-corrected chi connectivity index (χ1v) is 7.19. The number of unbranched alkanes of at least 4 members (excludes halogenated alkanes) is 7. The van der Waals surface area contributed by atoms with Crippen LogP contribution in [0.1, 0.15) is 51.4 Å². The van der Waals surface area contributed by atoms with Gasteiger partial charge in [0.25, 0.3) is 0 Å². The van der Waals surface area contributed by atoms with Crippen molar-refractivity contribution in [1.29, 1.82) is 0 Å². The van der Waals surface area contributed by atoms with Gasteiger partial charge < -0.3 is 5.32 Å². The highest BCUT2D eigenvalue weighted by atomic mass is 35.5. The summed E-state index contributed by atoms with van der Waals surface area (Å²) in [6.07, 6.45) is 10.3. The highest BCUT2D eigenvalue weighted by Gasteiger charge is 1.92. The molecule has 1 N–H and O–H groups in total. The molecule has 0 aliphatic heterocycles. The fraction of sp³-hybridized carbons (Fsp3) is 0.909. The molecule has 0 aliphatic rings. The number of thiol groups is 1. The molecule has 0 bridgehead atoms. The fourth-order valence-electron chi connectivity index (χ4n) is 1.48. The second kappa shape index (κ2) is 12.6. The van der Waals surface area contributed by atoms with Crippen LogP contribution in [-0.4, -0.2) is 16.7 Å². The predicted octanol–water partition coefficient (Wildman–Crippen LogP) is 4.15. The van der Waals surface area contributed by atoms with Crippen LogP contribution in [0.3, 0.4) is 0 Å². The number of hydrogen-bond donors (Lipinski definition) is 2. The molecule has 0 aromatic heterocycles. The van der Waals surface area contributed by atoms with Crippen molar-refractivity contribution >= 4 is 40.8 Å². The van der Waals surface area contributed by atoms with Gasteiger partial charge in [0, 0.05) is 12.4 Å². The Bertz CT molecular complexity index is 154. The molecule has 0 radical (unpaired) electrons. The molecule has 0 unspecified atom stereocenters. The van der Waals surface area contributed by atoms with Crippen LogP contribution in [0.25, 0.3) is 0 Å². The van der Waals surface area contributed by atoms with E-state index >= 15 is 0 Å². The van der Waals surface area contributed by atoms with E-state index in [1.165, 1.54) is 51.4 Å². The van der Waals surface area contributed by atoms with E-state index in [1.54, 1.807) is 0 Å². The van der Waals surface area contributed by atoms with E-state index in [1.807, 2.05) is 0 Å². The molecule has 0 rings (SSSR count). The lowest BCUT2D eigenvalue weighted by molar-refractivity contribution is 0.574. The first-order chi connectivity index (χ1) is 7.27. The van der Waals surface area contributed by atoms with E-state index in [0.29, 0.717) is 4.32 Å². The van der Waals surface area contributed by atoms with Crippen LogP contribution in [0.5, 0.6) is 0 Å². The quantitative estimate of drug-likeness (QED) is 0.267. The van der Waals surface area contributed by atoms with Gasteiger partial charge in [0.15, 0.2) is 0 Å². The number of rotatable bonds is 10. The lowest BCUT2D eigenvalue weighted by Crippen LogP contribution is -2.17. The molecule has 0 saturated carbocycles. The second-order valence-electron chi connectivity index (χ2n) is 3.75. The molecule has 0 spiro atoms. The summed E-state index contributed by atoms with van der Waals surface area (Å²) in [5, 5.41) is 3.05. The summed E-state index contributed by atoms with van der Waals surface area (Å²) in [6.45, 7) is 0.967. The van der Waals surface area contributed by atoms with Crippen molar-refractivity contribution in [3.05, 3.63) is 0 Å². The minimum absolute atomic E-state index is 0.607. The molecule has 0 heterocycles. The third kappa shape index (κ3) is 14.5. The lowest BCUT2D eigenvalue weighted by Gasteiger charge is -2.03. The lowest BCUT2D eigenvalue weighted by atomic mass is 10.1. The third-order valence-electron chi connectivity index (χ3n) is 2.34. The standard InChI is InChI=1S/C11H22ClNS2/c12-9-7-5-3-1-2-4-6-8-10-13-11(14)15/h1-10H2,(H2,13,14,15). The summed E-state index contributed by atoms with van der Waals surface area (Å²) in [5.41, 5.74) is 0. The molecule has 4 heteroatoms. The summed E-state index contributed by atoms with van der Waals surface area (Å²) in [6, 6.07) is 0. The Morgan fingerprint density at radius 2 is 1.40 bits per heavy atom. The van der Waals surface area contributed by atoms with Crippen molar-refractivity contribution in [3.8, 4) is 0 Å². The molecule has 0 fully saturated rings. The van der Waals surface area contributed by atoms with Crippen molar-refractivity contribution < 1.29 is 0 Å². The van der Waals surface area contributed by atoms with E-state index in [4.69, 9.17) is 23.8 Å². The van der Waals surface area contributed by atoms with Gasteiger partial charge in [-0.25, -0.2) is 0 Å². The minimum atomic E-state index is 0.607. The van der Waals surface area contributed by atoms with Crippen LogP contribution in [0.15, 0.2) is 0 Å². The monoisotopic (exact) mass is 267 g/mol. The molecule has 15 heavy (non-hydrogen) atoms. The van der Waals surface area contributed by atoms with Crippen molar-refractivity contribution in [2.45, 2.75) is 51.4 Å². The van der Waals surface area contributed by atoms with Crippen LogP contribution < -0.4 is 5.32 Å². The summed E-state index contributed by atoms with van der Waals surface area (Å²) >= 11 is 14.4. The molecule has 0 saturated heterocycles. The largest absolute Gasteiger partial charge is 0.371 e. The summed E-state index contributed by atoms with van der Waals surface area (Å²) in [4.78, 5) is 0. The number of hydrogen-bond acceptors (Lipinski definition) is 1. The van der Waals surface area contributed by atoms with E-state index < -0.39 is 0 Å². The molecular formula is C11H22ClNS2. The van der Waals surface area contributed by atoms with Gasteiger partial charge in [0.05, 0.1) is 0 Å². The van der Waals surface area contributed by atoms with Crippen molar-refractivity contribution in [2.24, 2.45) is 0 Å². The second-order valence-corrected chi connectivity index (χ2v) is 5.29. The van der Waals surface area contributed by atoms with E-state index in [2.05, 4.69) is 17.9 Å². The van der Waals surface area contributed by atoms with Crippen LogP contribution >= 0.6 is 36.4 Å². The SMILES string of the molecule is S=C(S)NCCCCCCCCCCCl. The first-order valence-electron chi connectivity index (χ1n) is 5.80. The van der Waals surface area contributed by atoms with Crippen molar-refractivity contribution in [1.82, 2.24) is 5.32 Å².